The molecule has 3 rings (SSSR count). The molecule has 2 aromatic carbocycles. The molecule has 0 amide bonds. The molecular formula is C20H21N3O. The Bertz CT molecular complexity index is 747. The van der Waals surface area contributed by atoms with Crippen molar-refractivity contribution >= 4 is 0 Å². The molecule has 0 unspecified atom stereocenters. The van der Waals surface area contributed by atoms with Gasteiger partial charge in [0, 0.05) is 31.7 Å². The standard InChI is InChI=1S/C20H21N3O/c1-23(15-19-13-21-10-11-22-19)14-18-8-5-9-20(12-18)24-16-17-6-3-2-4-7-17/h2-13H,14-16H2,1H3. The summed E-state index contributed by atoms with van der Waals surface area (Å²) >= 11 is 0. The van der Waals surface area contributed by atoms with Crippen LogP contribution >= 0.6 is 0 Å². The maximum absolute atomic E-state index is 5.89. The second-order valence-electron chi connectivity index (χ2n) is 5.79. The summed E-state index contributed by atoms with van der Waals surface area (Å²) in [6, 6.07) is 18.4. The highest BCUT2D eigenvalue weighted by atomic mass is 16.5. The van der Waals surface area contributed by atoms with Gasteiger partial charge in [-0.2, -0.15) is 0 Å². The third kappa shape index (κ3) is 4.89. The van der Waals surface area contributed by atoms with Gasteiger partial charge in [0.2, 0.25) is 0 Å². The molecule has 4 nitrogen and oxygen atoms in total. The Morgan fingerprint density at radius 2 is 1.75 bits per heavy atom. The second kappa shape index (κ2) is 8.22. The molecule has 0 aliphatic heterocycles. The monoisotopic (exact) mass is 319 g/mol. The summed E-state index contributed by atoms with van der Waals surface area (Å²) in [4.78, 5) is 10.6. The van der Waals surface area contributed by atoms with E-state index in [0.29, 0.717) is 6.61 Å². The van der Waals surface area contributed by atoms with Crippen LogP contribution < -0.4 is 4.74 Å². The van der Waals surface area contributed by atoms with Gasteiger partial charge in [0.05, 0.1) is 5.69 Å². The van der Waals surface area contributed by atoms with E-state index in [-0.39, 0.29) is 0 Å². The zero-order valence-corrected chi connectivity index (χ0v) is 13.8. The molecule has 0 fully saturated rings. The molecule has 0 saturated carbocycles. The Hall–Kier alpha value is -2.72. The molecule has 1 heterocycles. The molecule has 0 aliphatic carbocycles. The van der Waals surface area contributed by atoms with Crippen molar-refractivity contribution in [2.24, 2.45) is 0 Å². The molecule has 0 saturated heterocycles. The van der Waals surface area contributed by atoms with Crippen molar-refractivity contribution < 1.29 is 4.74 Å². The summed E-state index contributed by atoms with van der Waals surface area (Å²) in [5.41, 5.74) is 3.35. The van der Waals surface area contributed by atoms with Crippen molar-refractivity contribution in [3.63, 3.8) is 0 Å². The predicted octanol–water partition coefficient (Wildman–Crippen LogP) is 3.69. The number of aromatic nitrogens is 2. The SMILES string of the molecule is CN(Cc1cccc(OCc2ccccc2)c1)Cc1cnccn1. The van der Waals surface area contributed by atoms with E-state index in [2.05, 4.69) is 46.2 Å². The summed E-state index contributed by atoms with van der Waals surface area (Å²) in [5.74, 6) is 0.893. The number of rotatable bonds is 7. The molecule has 0 N–H and O–H groups in total. The molecule has 1 aromatic heterocycles. The van der Waals surface area contributed by atoms with E-state index < -0.39 is 0 Å². The minimum absolute atomic E-state index is 0.583. The van der Waals surface area contributed by atoms with Crippen LogP contribution in [0.4, 0.5) is 0 Å². The van der Waals surface area contributed by atoms with Crippen molar-refractivity contribution in [3.8, 4) is 5.75 Å². The van der Waals surface area contributed by atoms with E-state index in [1.807, 2.05) is 30.3 Å². The van der Waals surface area contributed by atoms with Crippen LogP contribution in [0.3, 0.4) is 0 Å². The zero-order chi connectivity index (χ0) is 16.6. The van der Waals surface area contributed by atoms with Gasteiger partial charge in [-0.25, -0.2) is 0 Å². The first-order chi connectivity index (χ1) is 11.8. The van der Waals surface area contributed by atoms with Gasteiger partial charge < -0.3 is 4.74 Å². The van der Waals surface area contributed by atoms with Gasteiger partial charge in [-0.3, -0.25) is 14.9 Å². The van der Waals surface area contributed by atoms with Gasteiger partial charge in [-0.1, -0.05) is 42.5 Å². The first-order valence-electron chi connectivity index (χ1n) is 7.99. The van der Waals surface area contributed by atoms with Gasteiger partial charge in [0.15, 0.2) is 0 Å². The van der Waals surface area contributed by atoms with Crippen LogP contribution in [0, 0.1) is 0 Å². The quantitative estimate of drug-likeness (QED) is 0.666. The van der Waals surface area contributed by atoms with Gasteiger partial charge in [0.25, 0.3) is 0 Å². The maximum atomic E-state index is 5.89. The number of hydrogen-bond acceptors (Lipinski definition) is 4. The van der Waals surface area contributed by atoms with Crippen LogP contribution in [0.25, 0.3) is 0 Å². The minimum atomic E-state index is 0.583. The van der Waals surface area contributed by atoms with E-state index in [4.69, 9.17) is 4.74 Å². The topological polar surface area (TPSA) is 38.2 Å². The fraction of sp³-hybridized carbons (Fsp3) is 0.200. The van der Waals surface area contributed by atoms with Crippen molar-refractivity contribution in [2.75, 3.05) is 7.05 Å². The highest BCUT2D eigenvalue weighted by Crippen LogP contribution is 2.16. The Labute approximate surface area is 142 Å². The fourth-order valence-electron chi connectivity index (χ4n) is 2.53. The molecule has 24 heavy (non-hydrogen) atoms. The molecule has 0 atom stereocenters. The second-order valence-corrected chi connectivity index (χ2v) is 5.79. The normalized spacial score (nSPS) is 10.8. The highest BCUT2D eigenvalue weighted by molar-refractivity contribution is 5.29. The average Bonchev–Trinajstić information content (AvgIpc) is 2.62. The molecule has 3 aromatic rings. The largest absolute Gasteiger partial charge is 0.489 e. The van der Waals surface area contributed by atoms with Gasteiger partial charge in [-0.15, -0.1) is 0 Å². The third-order valence-corrected chi connectivity index (χ3v) is 3.65. The number of hydrogen-bond donors (Lipinski definition) is 0. The molecule has 0 spiro atoms. The Morgan fingerprint density at radius 3 is 2.54 bits per heavy atom. The Morgan fingerprint density at radius 1 is 0.917 bits per heavy atom. The third-order valence-electron chi connectivity index (χ3n) is 3.65. The lowest BCUT2D eigenvalue weighted by Gasteiger charge is -2.16. The van der Waals surface area contributed by atoms with Gasteiger partial charge in [-0.05, 0) is 30.3 Å². The first-order valence-corrected chi connectivity index (χ1v) is 7.99. The lowest BCUT2D eigenvalue weighted by atomic mass is 10.2. The van der Waals surface area contributed by atoms with E-state index in [9.17, 15) is 0 Å². The molecule has 0 radical (unpaired) electrons. The number of benzene rings is 2. The molecular weight excluding hydrogens is 298 g/mol. The van der Waals surface area contributed by atoms with Crippen LogP contribution in [0.2, 0.25) is 0 Å². The van der Waals surface area contributed by atoms with E-state index in [1.54, 1.807) is 18.6 Å². The summed E-state index contributed by atoms with van der Waals surface area (Å²) < 4.78 is 5.89. The van der Waals surface area contributed by atoms with Gasteiger partial charge >= 0.3 is 0 Å². The van der Waals surface area contributed by atoms with Crippen molar-refractivity contribution in [3.05, 3.63) is 90.0 Å². The van der Waals surface area contributed by atoms with Crippen LogP contribution in [0.1, 0.15) is 16.8 Å². The lowest BCUT2D eigenvalue weighted by molar-refractivity contribution is 0.300. The smallest absolute Gasteiger partial charge is 0.120 e. The number of nitrogens with zero attached hydrogens (tertiary/aromatic N) is 3. The molecule has 0 bridgehead atoms. The maximum Gasteiger partial charge on any atom is 0.120 e. The van der Waals surface area contributed by atoms with Crippen LogP contribution in [0.5, 0.6) is 5.75 Å². The molecule has 0 aliphatic rings. The van der Waals surface area contributed by atoms with Crippen LogP contribution in [-0.4, -0.2) is 21.9 Å². The fourth-order valence-corrected chi connectivity index (χ4v) is 2.53. The van der Waals surface area contributed by atoms with E-state index >= 15 is 0 Å². The minimum Gasteiger partial charge on any atom is -0.489 e. The van der Waals surface area contributed by atoms with E-state index in [0.717, 1.165) is 24.5 Å². The lowest BCUT2D eigenvalue weighted by Crippen LogP contribution is -2.18. The van der Waals surface area contributed by atoms with Crippen LogP contribution in [0.15, 0.2) is 73.2 Å². The van der Waals surface area contributed by atoms with Crippen molar-refractivity contribution in [2.45, 2.75) is 19.7 Å². The summed E-state index contributed by atoms with van der Waals surface area (Å²) in [7, 11) is 2.08. The van der Waals surface area contributed by atoms with E-state index in [1.165, 1.54) is 11.1 Å². The summed E-state index contributed by atoms with van der Waals surface area (Å²) in [6.45, 7) is 2.18. The van der Waals surface area contributed by atoms with Crippen molar-refractivity contribution in [1.82, 2.24) is 14.9 Å². The molecule has 122 valence electrons. The predicted molar refractivity (Wildman–Crippen MR) is 94.4 cm³/mol. The first kappa shape index (κ1) is 16.1. The summed E-state index contributed by atoms with van der Waals surface area (Å²) in [5, 5.41) is 0. The van der Waals surface area contributed by atoms with Gasteiger partial charge in [0.1, 0.15) is 12.4 Å². The van der Waals surface area contributed by atoms with Crippen molar-refractivity contribution in [1.29, 1.82) is 0 Å². The Balaban J connectivity index is 1.56. The number of ether oxygens (including phenoxy) is 1. The zero-order valence-electron chi connectivity index (χ0n) is 13.8. The summed E-state index contributed by atoms with van der Waals surface area (Å²) in [6.07, 6.45) is 5.22. The highest BCUT2D eigenvalue weighted by Gasteiger charge is 2.04. The average molecular weight is 319 g/mol. The van der Waals surface area contributed by atoms with Crippen LogP contribution in [-0.2, 0) is 19.7 Å². The molecule has 4 heteroatoms. The Kier molecular flexibility index (Phi) is 5.53.